The van der Waals surface area contributed by atoms with Crippen molar-refractivity contribution in [2.45, 2.75) is 24.9 Å². The number of carboxylic acids is 1. The third-order valence-corrected chi connectivity index (χ3v) is 2.52. The molecule has 1 rings (SSSR count). The first-order chi connectivity index (χ1) is 7.15. The number of alkyl halides is 1. The van der Waals surface area contributed by atoms with Crippen molar-refractivity contribution >= 4 is 17.6 Å². The molecule has 0 aliphatic rings. The summed E-state index contributed by atoms with van der Waals surface area (Å²) >= 11 is 6.05. The first-order valence-corrected chi connectivity index (χ1v) is 5.26. The van der Waals surface area contributed by atoms with Crippen molar-refractivity contribution in [2.24, 2.45) is 0 Å². The van der Waals surface area contributed by atoms with Crippen LogP contribution in [0.4, 0.5) is 0 Å². The number of hydrogen-bond acceptors (Lipinski definition) is 2. The third kappa shape index (κ3) is 3.53. The molecule has 1 aromatic rings. The second-order valence-corrected chi connectivity index (χ2v) is 3.68. The molecular weight excluding hydrogens is 214 g/mol. The Morgan fingerprint density at radius 1 is 1.47 bits per heavy atom. The molecule has 0 aliphatic heterocycles. The molecule has 0 spiro atoms. The molecule has 0 radical (unpaired) electrons. The minimum atomic E-state index is -0.876. The summed E-state index contributed by atoms with van der Waals surface area (Å²) in [7, 11) is 0. The lowest BCUT2D eigenvalue weighted by Crippen LogP contribution is -2.36. The van der Waals surface area contributed by atoms with Crippen LogP contribution in [0.15, 0.2) is 30.3 Å². The van der Waals surface area contributed by atoms with Gasteiger partial charge in [0.25, 0.3) is 0 Å². The first kappa shape index (κ1) is 12.0. The van der Waals surface area contributed by atoms with Crippen molar-refractivity contribution in [3.63, 3.8) is 0 Å². The van der Waals surface area contributed by atoms with E-state index in [1.807, 2.05) is 30.3 Å². The average molecular weight is 228 g/mol. The molecular formula is C11H14ClNO2. The minimum absolute atomic E-state index is 0.466. The molecule has 0 heterocycles. The number of aliphatic carboxylic acids is 1. The van der Waals surface area contributed by atoms with Crippen molar-refractivity contribution in [2.75, 3.05) is 0 Å². The summed E-state index contributed by atoms with van der Waals surface area (Å²) in [5, 5.41) is 11.7. The van der Waals surface area contributed by atoms with Crippen LogP contribution >= 0.6 is 11.6 Å². The fourth-order valence-corrected chi connectivity index (χ4v) is 1.56. The smallest absolute Gasteiger partial charge is 0.320 e. The topological polar surface area (TPSA) is 49.3 Å². The van der Waals surface area contributed by atoms with Crippen LogP contribution in [-0.4, -0.2) is 17.1 Å². The summed E-state index contributed by atoms with van der Waals surface area (Å²) in [6.07, 6.45) is 0.505. The predicted molar refractivity (Wildman–Crippen MR) is 59.9 cm³/mol. The fourth-order valence-electron chi connectivity index (χ4n) is 1.26. The molecule has 3 nitrogen and oxygen atoms in total. The predicted octanol–water partition coefficient (Wildman–Crippen LogP) is 2.38. The molecule has 82 valence electrons. The van der Waals surface area contributed by atoms with Gasteiger partial charge in [-0.05, 0) is 12.0 Å². The summed E-state index contributed by atoms with van der Waals surface area (Å²) in [5.41, 5.74) is 0.408. The van der Waals surface area contributed by atoms with E-state index < -0.39 is 17.5 Å². The minimum Gasteiger partial charge on any atom is -0.480 e. The van der Waals surface area contributed by atoms with Gasteiger partial charge < -0.3 is 5.11 Å². The zero-order valence-corrected chi connectivity index (χ0v) is 9.24. The van der Waals surface area contributed by atoms with Gasteiger partial charge in [-0.25, -0.2) is 0 Å². The Morgan fingerprint density at radius 3 is 2.53 bits per heavy atom. The van der Waals surface area contributed by atoms with Gasteiger partial charge >= 0.3 is 5.97 Å². The monoisotopic (exact) mass is 227 g/mol. The zero-order chi connectivity index (χ0) is 11.3. The zero-order valence-electron chi connectivity index (χ0n) is 8.48. The maximum absolute atomic E-state index is 10.8. The van der Waals surface area contributed by atoms with Crippen LogP contribution in [0.25, 0.3) is 0 Å². The number of nitrogens with one attached hydrogen (secondary N) is 1. The molecule has 15 heavy (non-hydrogen) atoms. The van der Waals surface area contributed by atoms with Gasteiger partial charge in [-0.2, -0.15) is 0 Å². The van der Waals surface area contributed by atoms with Crippen molar-refractivity contribution in [1.82, 2.24) is 5.32 Å². The summed E-state index contributed by atoms with van der Waals surface area (Å²) in [6.45, 7) is 1.81. The molecule has 0 aliphatic carbocycles. The second kappa shape index (κ2) is 5.73. The maximum atomic E-state index is 10.8. The van der Waals surface area contributed by atoms with E-state index in [-0.39, 0.29) is 0 Å². The van der Waals surface area contributed by atoms with Crippen molar-refractivity contribution in [1.29, 1.82) is 0 Å². The summed E-state index contributed by atoms with van der Waals surface area (Å²) in [5.74, 6) is -0.876. The molecule has 2 unspecified atom stereocenters. The lowest BCUT2D eigenvalue weighted by Gasteiger charge is -2.17. The van der Waals surface area contributed by atoms with E-state index >= 15 is 0 Å². The SMILES string of the molecule is CCC(NC(Cl)c1ccccc1)C(=O)O. The normalized spacial score (nSPS) is 14.5. The fraction of sp³-hybridized carbons (Fsp3) is 0.364. The summed E-state index contributed by atoms with van der Waals surface area (Å²) in [4.78, 5) is 10.8. The number of carbonyl (C=O) groups is 1. The standard InChI is InChI=1S/C11H14ClNO2/c1-2-9(11(14)15)13-10(12)8-6-4-3-5-7-8/h3-7,9-10,13H,2H2,1H3,(H,14,15). The van der Waals surface area contributed by atoms with Crippen LogP contribution < -0.4 is 5.32 Å². The highest BCUT2D eigenvalue weighted by molar-refractivity contribution is 6.20. The molecule has 1 aromatic carbocycles. The van der Waals surface area contributed by atoms with Crippen LogP contribution in [0.1, 0.15) is 24.4 Å². The molecule has 2 N–H and O–H groups in total. The van der Waals surface area contributed by atoms with Gasteiger partial charge in [-0.1, -0.05) is 37.3 Å². The molecule has 0 amide bonds. The van der Waals surface area contributed by atoms with Crippen molar-refractivity contribution < 1.29 is 9.90 Å². The van der Waals surface area contributed by atoms with Gasteiger partial charge in [0, 0.05) is 0 Å². The average Bonchev–Trinajstić information content (AvgIpc) is 2.26. The van der Waals surface area contributed by atoms with Gasteiger partial charge in [0.1, 0.15) is 11.5 Å². The largest absolute Gasteiger partial charge is 0.480 e. The first-order valence-electron chi connectivity index (χ1n) is 4.83. The highest BCUT2D eigenvalue weighted by atomic mass is 35.5. The van der Waals surface area contributed by atoms with Crippen molar-refractivity contribution in [3.05, 3.63) is 35.9 Å². The highest BCUT2D eigenvalue weighted by Gasteiger charge is 2.18. The molecule has 0 bridgehead atoms. The van der Waals surface area contributed by atoms with Gasteiger partial charge in [0.05, 0.1) is 0 Å². The Balaban J connectivity index is 2.62. The van der Waals surface area contributed by atoms with E-state index in [1.54, 1.807) is 6.92 Å². The Labute approximate surface area is 94.1 Å². The quantitative estimate of drug-likeness (QED) is 0.600. The van der Waals surface area contributed by atoms with E-state index in [2.05, 4.69) is 5.32 Å². The summed E-state index contributed by atoms with van der Waals surface area (Å²) < 4.78 is 0. The van der Waals surface area contributed by atoms with E-state index in [1.165, 1.54) is 0 Å². The number of hydrogen-bond donors (Lipinski definition) is 2. The molecule has 0 fully saturated rings. The Kier molecular flexibility index (Phi) is 4.59. The van der Waals surface area contributed by atoms with E-state index in [0.717, 1.165) is 5.56 Å². The van der Waals surface area contributed by atoms with Crippen LogP contribution in [0.3, 0.4) is 0 Å². The van der Waals surface area contributed by atoms with Crippen LogP contribution in [0, 0.1) is 0 Å². The van der Waals surface area contributed by atoms with Crippen LogP contribution in [0.5, 0.6) is 0 Å². The van der Waals surface area contributed by atoms with Gasteiger partial charge in [-0.15, -0.1) is 11.6 Å². The molecule has 0 aromatic heterocycles. The van der Waals surface area contributed by atoms with Gasteiger partial charge in [-0.3, -0.25) is 10.1 Å². The van der Waals surface area contributed by atoms with E-state index in [9.17, 15) is 4.79 Å². The highest BCUT2D eigenvalue weighted by Crippen LogP contribution is 2.17. The van der Waals surface area contributed by atoms with Crippen LogP contribution in [0.2, 0.25) is 0 Å². The second-order valence-electron chi connectivity index (χ2n) is 3.24. The van der Waals surface area contributed by atoms with E-state index in [0.29, 0.717) is 6.42 Å². The maximum Gasteiger partial charge on any atom is 0.320 e. The van der Waals surface area contributed by atoms with Crippen LogP contribution in [-0.2, 0) is 4.79 Å². The Hall–Kier alpha value is -1.06. The number of benzene rings is 1. The van der Waals surface area contributed by atoms with Gasteiger partial charge in [0.15, 0.2) is 0 Å². The molecule has 0 saturated carbocycles. The van der Waals surface area contributed by atoms with E-state index in [4.69, 9.17) is 16.7 Å². The number of rotatable bonds is 5. The lowest BCUT2D eigenvalue weighted by atomic mass is 10.2. The number of halogens is 1. The Bertz CT molecular complexity index is 316. The molecule has 4 heteroatoms. The molecule has 0 saturated heterocycles. The Morgan fingerprint density at radius 2 is 2.07 bits per heavy atom. The number of carboxylic acid groups (broad SMARTS) is 1. The third-order valence-electron chi connectivity index (χ3n) is 2.15. The van der Waals surface area contributed by atoms with Crippen molar-refractivity contribution in [3.8, 4) is 0 Å². The van der Waals surface area contributed by atoms with Gasteiger partial charge in [0.2, 0.25) is 0 Å². The lowest BCUT2D eigenvalue weighted by molar-refractivity contribution is -0.139. The summed E-state index contributed by atoms with van der Waals surface area (Å²) in [6, 6.07) is 8.75. The molecule has 2 atom stereocenters.